The molecule has 9 heteroatoms. The SMILES string of the molecule is C=C(C(=O)N(C)C)N(Cc1cccc(Br)c1)/C(CCC(C)(C)C(=O)OCC)=N\NC=O. The second-order valence-corrected chi connectivity index (χ2v) is 8.66. The summed E-state index contributed by atoms with van der Waals surface area (Å²) >= 11 is 3.45. The fraction of sp³-hybridized carbons (Fsp3) is 0.455. The van der Waals surface area contributed by atoms with Gasteiger partial charge >= 0.3 is 5.97 Å². The Morgan fingerprint density at radius 1 is 1.32 bits per heavy atom. The highest BCUT2D eigenvalue weighted by Crippen LogP contribution is 2.26. The number of esters is 1. The van der Waals surface area contributed by atoms with Crippen molar-refractivity contribution in [3.05, 3.63) is 46.6 Å². The summed E-state index contributed by atoms with van der Waals surface area (Å²) < 4.78 is 6.05. The van der Waals surface area contributed by atoms with Crippen molar-refractivity contribution in [3.63, 3.8) is 0 Å². The minimum atomic E-state index is -0.772. The molecule has 170 valence electrons. The summed E-state index contributed by atoms with van der Waals surface area (Å²) in [6.07, 6.45) is 1.15. The van der Waals surface area contributed by atoms with Crippen LogP contribution in [0.1, 0.15) is 39.2 Å². The van der Waals surface area contributed by atoms with Crippen LogP contribution in [-0.4, -0.2) is 54.6 Å². The van der Waals surface area contributed by atoms with E-state index in [2.05, 4.69) is 33.0 Å². The molecule has 0 spiro atoms. The molecule has 1 aromatic rings. The molecule has 1 aromatic carbocycles. The minimum absolute atomic E-state index is 0.199. The number of likely N-dealkylation sites (N-methyl/N-ethyl adjacent to an activating group) is 1. The fourth-order valence-electron chi connectivity index (χ4n) is 2.74. The Morgan fingerprint density at radius 2 is 2.00 bits per heavy atom. The van der Waals surface area contributed by atoms with Gasteiger partial charge < -0.3 is 14.5 Å². The first kappa shape index (κ1) is 26.4. The predicted molar refractivity (Wildman–Crippen MR) is 124 cm³/mol. The van der Waals surface area contributed by atoms with Gasteiger partial charge in [-0.3, -0.25) is 14.4 Å². The van der Waals surface area contributed by atoms with Crippen LogP contribution in [0.3, 0.4) is 0 Å². The van der Waals surface area contributed by atoms with Gasteiger partial charge in [0.05, 0.1) is 12.0 Å². The van der Waals surface area contributed by atoms with Crippen molar-refractivity contribution in [1.82, 2.24) is 15.2 Å². The highest BCUT2D eigenvalue weighted by molar-refractivity contribution is 9.10. The molecule has 0 aromatic heterocycles. The average molecular weight is 495 g/mol. The third-order valence-electron chi connectivity index (χ3n) is 4.57. The van der Waals surface area contributed by atoms with Gasteiger partial charge in [0.2, 0.25) is 6.41 Å². The Balaban J connectivity index is 3.28. The maximum absolute atomic E-state index is 12.7. The van der Waals surface area contributed by atoms with Crippen LogP contribution >= 0.6 is 15.9 Å². The third kappa shape index (κ3) is 8.16. The van der Waals surface area contributed by atoms with Crippen molar-refractivity contribution in [2.75, 3.05) is 20.7 Å². The van der Waals surface area contributed by atoms with Gasteiger partial charge in [0.15, 0.2) is 0 Å². The van der Waals surface area contributed by atoms with Gasteiger partial charge in [0, 0.05) is 31.5 Å². The molecule has 0 aliphatic carbocycles. The van der Waals surface area contributed by atoms with Gasteiger partial charge in [-0.1, -0.05) is 34.6 Å². The Kier molecular flexibility index (Phi) is 10.4. The lowest BCUT2D eigenvalue weighted by atomic mass is 9.87. The van der Waals surface area contributed by atoms with E-state index in [1.54, 1.807) is 39.8 Å². The van der Waals surface area contributed by atoms with E-state index < -0.39 is 5.41 Å². The number of hydrogen-bond donors (Lipinski definition) is 1. The number of carbonyl (C=O) groups is 3. The van der Waals surface area contributed by atoms with E-state index in [0.29, 0.717) is 38.2 Å². The van der Waals surface area contributed by atoms with Crippen molar-refractivity contribution < 1.29 is 19.1 Å². The van der Waals surface area contributed by atoms with Crippen LogP contribution in [0.2, 0.25) is 0 Å². The Labute approximate surface area is 192 Å². The summed E-state index contributed by atoms with van der Waals surface area (Å²) in [6, 6.07) is 7.63. The number of halogens is 1. The number of hydrogen-bond acceptors (Lipinski definition) is 5. The average Bonchev–Trinajstić information content (AvgIpc) is 2.71. The summed E-state index contributed by atoms with van der Waals surface area (Å²) in [6.45, 7) is 9.89. The number of hydrazone groups is 1. The van der Waals surface area contributed by atoms with Crippen LogP contribution in [0.15, 0.2) is 46.1 Å². The molecule has 0 fully saturated rings. The van der Waals surface area contributed by atoms with Crippen molar-refractivity contribution in [2.45, 2.75) is 40.2 Å². The highest BCUT2D eigenvalue weighted by Gasteiger charge is 2.31. The maximum atomic E-state index is 12.7. The van der Waals surface area contributed by atoms with E-state index in [-0.39, 0.29) is 17.6 Å². The third-order valence-corrected chi connectivity index (χ3v) is 5.06. The number of carbonyl (C=O) groups excluding carboxylic acids is 3. The standard InChI is InChI=1S/C22H31BrN4O4/c1-7-31-21(30)22(3,4)12-11-19(25-24-15-28)27(16(2)20(29)26(5)6)14-17-9-8-10-18(23)13-17/h8-10,13,15H,2,7,11-12,14H2,1,3-6H3,(H,24,28)/b25-19-. The topological polar surface area (TPSA) is 91.3 Å². The van der Waals surface area contributed by atoms with Gasteiger partial charge in [-0.15, -0.1) is 0 Å². The summed E-state index contributed by atoms with van der Waals surface area (Å²) in [4.78, 5) is 39.0. The molecule has 0 bridgehead atoms. The van der Waals surface area contributed by atoms with E-state index in [1.807, 2.05) is 24.3 Å². The second kappa shape index (κ2) is 12.2. The summed E-state index contributed by atoms with van der Waals surface area (Å²) in [7, 11) is 3.27. The van der Waals surface area contributed by atoms with Gasteiger partial charge in [0.25, 0.3) is 5.91 Å². The molecular formula is C22H31BrN4O4. The van der Waals surface area contributed by atoms with Crippen LogP contribution < -0.4 is 5.43 Å². The number of nitrogens with zero attached hydrogens (tertiary/aromatic N) is 3. The first-order chi connectivity index (χ1) is 14.5. The largest absolute Gasteiger partial charge is 0.466 e. The number of ether oxygens (including phenoxy) is 1. The van der Waals surface area contributed by atoms with Crippen molar-refractivity contribution >= 4 is 40.1 Å². The van der Waals surface area contributed by atoms with Gasteiger partial charge in [-0.05, 0) is 44.9 Å². The first-order valence-electron chi connectivity index (χ1n) is 9.89. The smallest absolute Gasteiger partial charge is 0.311 e. The van der Waals surface area contributed by atoms with Crippen LogP contribution in [0, 0.1) is 5.41 Å². The van der Waals surface area contributed by atoms with Gasteiger partial charge in [-0.25, -0.2) is 5.43 Å². The lowest BCUT2D eigenvalue weighted by Crippen LogP contribution is -2.39. The van der Waals surface area contributed by atoms with E-state index in [9.17, 15) is 14.4 Å². The quantitative estimate of drug-likeness (QED) is 0.127. The molecule has 0 aliphatic rings. The molecule has 1 N–H and O–H groups in total. The zero-order valence-corrected chi connectivity index (χ0v) is 20.4. The molecule has 0 heterocycles. The maximum Gasteiger partial charge on any atom is 0.311 e. The molecular weight excluding hydrogens is 464 g/mol. The summed E-state index contributed by atoms with van der Waals surface area (Å²) in [5.41, 5.74) is 2.65. The lowest BCUT2D eigenvalue weighted by molar-refractivity contribution is -0.153. The molecule has 31 heavy (non-hydrogen) atoms. The molecule has 1 rings (SSSR count). The molecule has 0 atom stereocenters. The monoisotopic (exact) mass is 494 g/mol. The van der Waals surface area contributed by atoms with Crippen molar-refractivity contribution in [2.24, 2.45) is 10.5 Å². The minimum Gasteiger partial charge on any atom is -0.466 e. The van der Waals surface area contributed by atoms with Crippen molar-refractivity contribution in [1.29, 1.82) is 0 Å². The number of rotatable bonds is 11. The number of benzene rings is 1. The number of nitrogens with one attached hydrogen (secondary N) is 1. The predicted octanol–water partition coefficient (Wildman–Crippen LogP) is 3.28. The summed E-state index contributed by atoms with van der Waals surface area (Å²) in [5.74, 6) is -0.206. The summed E-state index contributed by atoms with van der Waals surface area (Å²) in [5, 5.41) is 4.16. The van der Waals surface area contributed by atoms with Crippen LogP contribution in [0.5, 0.6) is 0 Å². The molecule has 0 unspecified atom stereocenters. The molecule has 2 amide bonds. The molecule has 8 nitrogen and oxygen atoms in total. The molecule has 0 saturated heterocycles. The second-order valence-electron chi connectivity index (χ2n) is 7.74. The lowest BCUT2D eigenvalue weighted by Gasteiger charge is -2.30. The van der Waals surface area contributed by atoms with E-state index in [1.165, 1.54) is 4.90 Å². The van der Waals surface area contributed by atoms with Crippen LogP contribution in [0.4, 0.5) is 0 Å². The fourth-order valence-corrected chi connectivity index (χ4v) is 3.19. The van der Waals surface area contributed by atoms with E-state index in [0.717, 1.165) is 10.0 Å². The molecule has 0 aliphatic heterocycles. The normalized spacial score (nSPS) is 11.5. The van der Waals surface area contributed by atoms with Gasteiger partial charge in [-0.2, -0.15) is 5.10 Å². The van der Waals surface area contributed by atoms with Gasteiger partial charge in [0.1, 0.15) is 11.5 Å². The first-order valence-corrected chi connectivity index (χ1v) is 10.7. The Bertz CT molecular complexity index is 837. The molecule has 0 saturated carbocycles. The number of amidine groups is 1. The van der Waals surface area contributed by atoms with E-state index >= 15 is 0 Å². The van der Waals surface area contributed by atoms with E-state index in [4.69, 9.17) is 4.74 Å². The van der Waals surface area contributed by atoms with Crippen LogP contribution in [-0.2, 0) is 25.7 Å². The number of amides is 2. The van der Waals surface area contributed by atoms with Crippen molar-refractivity contribution in [3.8, 4) is 0 Å². The Hall–Kier alpha value is -2.68. The zero-order valence-electron chi connectivity index (χ0n) is 18.8. The zero-order chi connectivity index (χ0) is 23.6. The van der Waals surface area contributed by atoms with Crippen LogP contribution in [0.25, 0.3) is 0 Å². The molecule has 0 radical (unpaired) electrons. The highest BCUT2D eigenvalue weighted by atomic mass is 79.9. The Morgan fingerprint density at radius 3 is 2.55 bits per heavy atom.